The molecule has 0 aromatic carbocycles. The molecule has 0 fully saturated rings. The first-order valence-corrected chi connectivity index (χ1v) is 2.37. The van der Waals surface area contributed by atoms with Crippen molar-refractivity contribution in [3.63, 3.8) is 0 Å². The Morgan fingerprint density at radius 3 is 2.38 bits per heavy atom. The average Bonchev–Trinajstić information content (AvgIpc) is 1.68. The number of nitrogens with one attached hydrogen (secondary N) is 1. The third-order valence-corrected chi connectivity index (χ3v) is 0.674. The molecule has 0 unspecified atom stereocenters. The van der Waals surface area contributed by atoms with Crippen molar-refractivity contribution in [1.82, 2.24) is 5.32 Å². The Morgan fingerprint density at radius 1 is 1.75 bits per heavy atom. The topological polar surface area (TPSA) is 29.1 Å². The minimum atomic E-state index is 0. The molecule has 0 atom stereocenters. The van der Waals surface area contributed by atoms with Crippen LogP contribution in [-0.4, -0.2) is 5.91 Å². The van der Waals surface area contributed by atoms with E-state index in [1.165, 1.54) is 0 Å². The molecule has 0 aliphatic carbocycles. The molecule has 0 aliphatic heterocycles. The van der Waals surface area contributed by atoms with E-state index in [0.29, 0.717) is 6.42 Å². The van der Waals surface area contributed by atoms with Crippen LogP contribution in [0.15, 0.2) is 0 Å². The van der Waals surface area contributed by atoms with Gasteiger partial charge in [0.1, 0.15) is 0 Å². The smallest absolute Gasteiger partial charge is 0.190 e. The molecule has 45 valence electrons. The Labute approximate surface area is 75.3 Å². The predicted molar refractivity (Wildman–Crippen MR) is 28.4 cm³/mol. The van der Waals surface area contributed by atoms with E-state index in [1.807, 2.05) is 6.92 Å². The van der Waals surface area contributed by atoms with Crippen LogP contribution in [0.2, 0.25) is 0 Å². The van der Waals surface area contributed by atoms with Crippen LogP contribution in [0.5, 0.6) is 0 Å². The van der Waals surface area contributed by atoms with Crippen LogP contribution in [0.25, 0.3) is 0 Å². The largest absolute Gasteiger partial charge is 0.508 e. The number of rotatable bonds is 2. The van der Waals surface area contributed by atoms with Crippen LogP contribution < -0.4 is 5.32 Å². The van der Waals surface area contributed by atoms with E-state index in [4.69, 9.17) is 0 Å². The van der Waals surface area contributed by atoms with Gasteiger partial charge in [-0.2, -0.15) is 0 Å². The molecule has 0 aromatic heterocycles. The summed E-state index contributed by atoms with van der Waals surface area (Å²) in [4.78, 5) is 10.2. The van der Waals surface area contributed by atoms with Crippen LogP contribution in [0.4, 0.5) is 0 Å². The number of hydrogen-bond donors (Lipinski definition) is 1. The first-order chi connectivity index (χ1) is 3.31. The second kappa shape index (κ2) is 7.57. The molecule has 0 bridgehead atoms. The number of amides is 1. The SMILES string of the molecule is [CH2-]NC(=O)CCC.[Y]. The summed E-state index contributed by atoms with van der Waals surface area (Å²) in [6, 6.07) is 0. The monoisotopic (exact) mass is 189 g/mol. The standard InChI is InChI=1S/C5H10NO.Y/c1-3-4-5(7)6-2;/h2-4H2,1H3,(H,6,7);/q-1;. The van der Waals surface area contributed by atoms with Gasteiger partial charge in [-0.25, -0.2) is 0 Å². The molecule has 0 aromatic rings. The van der Waals surface area contributed by atoms with Crippen molar-refractivity contribution in [3.05, 3.63) is 7.05 Å². The molecule has 2 nitrogen and oxygen atoms in total. The summed E-state index contributed by atoms with van der Waals surface area (Å²) in [7, 11) is 3.20. The van der Waals surface area contributed by atoms with Crippen molar-refractivity contribution >= 4 is 5.91 Å². The normalized spacial score (nSPS) is 7.25. The third kappa shape index (κ3) is 6.57. The molecule has 8 heavy (non-hydrogen) atoms. The molecule has 0 rings (SSSR count). The number of carbonyl (C=O) groups is 1. The van der Waals surface area contributed by atoms with Crippen LogP contribution in [0, 0.1) is 7.05 Å². The van der Waals surface area contributed by atoms with E-state index in [0.717, 1.165) is 6.42 Å². The second-order valence-corrected chi connectivity index (χ2v) is 1.35. The Morgan fingerprint density at radius 2 is 2.25 bits per heavy atom. The van der Waals surface area contributed by atoms with Gasteiger partial charge in [0.15, 0.2) is 5.91 Å². The number of hydrogen-bond acceptors (Lipinski definition) is 1. The maximum atomic E-state index is 10.2. The minimum Gasteiger partial charge on any atom is -0.508 e. The molecule has 1 amide bonds. The zero-order valence-electron chi connectivity index (χ0n) is 5.11. The van der Waals surface area contributed by atoms with Crippen molar-refractivity contribution < 1.29 is 37.5 Å². The van der Waals surface area contributed by atoms with Gasteiger partial charge in [0.05, 0.1) is 0 Å². The van der Waals surface area contributed by atoms with E-state index in [-0.39, 0.29) is 38.6 Å². The first kappa shape index (κ1) is 11.4. The van der Waals surface area contributed by atoms with E-state index < -0.39 is 0 Å². The van der Waals surface area contributed by atoms with Gasteiger partial charge in [-0.3, -0.25) is 11.8 Å². The van der Waals surface area contributed by atoms with Crippen molar-refractivity contribution in [2.45, 2.75) is 19.8 Å². The molecule has 1 radical (unpaired) electrons. The maximum absolute atomic E-state index is 10.2. The molecular weight excluding hydrogens is 179 g/mol. The molecule has 0 saturated heterocycles. The second-order valence-electron chi connectivity index (χ2n) is 1.35. The number of carbonyl (C=O) groups excluding carboxylic acids is 1. The first-order valence-electron chi connectivity index (χ1n) is 2.37. The van der Waals surface area contributed by atoms with E-state index in [1.54, 1.807) is 0 Å². The fraction of sp³-hybridized carbons (Fsp3) is 0.600. The van der Waals surface area contributed by atoms with Crippen molar-refractivity contribution in [1.29, 1.82) is 0 Å². The Hall–Kier alpha value is 0.574. The maximum Gasteiger partial charge on any atom is 0.190 e. The van der Waals surface area contributed by atoms with Crippen LogP contribution in [0.1, 0.15) is 19.8 Å². The summed E-state index contributed by atoms with van der Waals surface area (Å²) in [6.07, 6.45) is 1.48. The van der Waals surface area contributed by atoms with Crippen molar-refractivity contribution in [2.24, 2.45) is 0 Å². The van der Waals surface area contributed by atoms with Gasteiger partial charge < -0.3 is 5.32 Å². The summed E-state index contributed by atoms with van der Waals surface area (Å²) in [5, 5.41) is 2.28. The van der Waals surface area contributed by atoms with E-state index in [2.05, 4.69) is 12.4 Å². The predicted octanol–water partition coefficient (Wildman–Crippen LogP) is 0.692. The van der Waals surface area contributed by atoms with Gasteiger partial charge in [-0.15, -0.1) is 0 Å². The van der Waals surface area contributed by atoms with Crippen LogP contribution in [0.3, 0.4) is 0 Å². The summed E-state index contributed by atoms with van der Waals surface area (Å²) < 4.78 is 0. The third-order valence-electron chi connectivity index (χ3n) is 0.674. The Kier molecular flexibility index (Phi) is 10.8. The van der Waals surface area contributed by atoms with Gasteiger partial charge in [0.25, 0.3) is 0 Å². The fourth-order valence-electron chi connectivity index (χ4n) is 0.315. The zero-order chi connectivity index (χ0) is 5.70. The van der Waals surface area contributed by atoms with E-state index >= 15 is 0 Å². The zero-order valence-corrected chi connectivity index (χ0v) is 7.95. The quantitative estimate of drug-likeness (QED) is 0.636. The van der Waals surface area contributed by atoms with Gasteiger partial charge in [0, 0.05) is 39.1 Å². The summed E-state index contributed by atoms with van der Waals surface area (Å²) in [5.74, 6) is 0.0162. The molecule has 0 saturated carbocycles. The van der Waals surface area contributed by atoms with Crippen LogP contribution in [-0.2, 0) is 37.5 Å². The molecular formula is C5H10NOY-. The Balaban J connectivity index is 0. The van der Waals surface area contributed by atoms with Crippen molar-refractivity contribution in [3.8, 4) is 0 Å². The van der Waals surface area contributed by atoms with Crippen LogP contribution >= 0.6 is 0 Å². The summed E-state index contributed by atoms with van der Waals surface area (Å²) >= 11 is 0. The molecule has 0 spiro atoms. The Bertz CT molecular complexity index is 65.4. The fourth-order valence-corrected chi connectivity index (χ4v) is 0.315. The summed E-state index contributed by atoms with van der Waals surface area (Å²) in [5.41, 5.74) is 0. The molecule has 0 heterocycles. The minimum absolute atomic E-state index is 0. The van der Waals surface area contributed by atoms with Crippen molar-refractivity contribution in [2.75, 3.05) is 0 Å². The van der Waals surface area contributed by atoms with Gasteiger partial charge in [-0.1, -0.05) is 6.92 Å². The molecule has 3 heteroatoms. The van der Waals surface area contributed by atoms with E-state index in [9.17, 15) is 4.79 Å². The molecule has 1 N–H and O–H groups in total. The van der Waals surface area contributed by atoms with Gasteiger partial charge in [0.2, 0.25) is 0 Å². The molecule has 0 aliphatic rings. The summed E-state index contributed by atoms with van der Waals surface area (Å²) in [6.45, 7) is 1.95. The van der Waals surface area contributed by atoms with Gasteiger partial charge >= 0.3 is 0 Å². The van der Waals surface area contributed by atoms with Gasteiger partial charge in [-0.05, 0) is 6.42 Å². The average molecular weight is 189 g/mol.